The van der Waals surface area contributed by atoms with Gasteiger partial charge in [0.25, 0.3) is 5.91 Å². The SMILES string of the molecule is COC(=O)[C@H](CCC(=O)NCCC(C)(C)OCC(C)C)NC(=O)c1ccc(NCc2cnc(N)c(C=O)n2)cc1. The molecule has 1 aromatic heterocycles. The van der Waals surface area contributed by atoms with E-state index in [4.69, 9.17) is 15.2 Å². The Hall–Kier alpha value is -4.06. The first-order chi connectivity index (χ1) is 18.9. The molecule has 0 unspecified atom stereocenters. The van der Waals surface area contributed by atoms with Gasteiger partial charge in [0.1, 0.15) is 11.7 Å². The van der Waals surface area contributed by atoms with E-state index >= 15 is 0 Å². The van der Waals surface area contributed by atoms with Crippen molar-refractivity contribution in [3.05, 3.63) is 47.4 Å². The molecule has 1 heterocycles. The summed E-state index contributed by atoms with van der Waals surface area (Å²) in [6.45, 7) is 9.47. The summed E-state index contributed by atoms with van der Waals surface area (Å²) in [6.07, 6.45) is 2.77. The number of benzene rings is 1. The fourth-order valence-corrected chi connectivity index (χ4v) is 3.52. The van der Waals surface area contributed by atoms with Crippen LogP contribution in [0.3, 0.4) is 0 Å². The third-order valence-electron chi connectivity index (χ3n) is 5.92. The highest BCUT2D eigenvalue weighted by molar-refractivity contribution is 5.97. The number of methoxy groups -OCH3 is 1. The summed E-state index contributed by atoms with van der Waals surface area (Å²) in [4.78, 5) is 56.5. The van der Waals surface area contributed by atoms with Gasteiger partial charge in [-0.3, -0.25) is 14.4 Å². The lowest BCUT2D eigenvalue weighted by atomic mass is 10.0. The molecule has 1 atom stereocenters. The van der Waals surface area contributed by atoms with Crippen LogP contribution in [0.5, 0.6) is 0 Å². The second-order valence-electron chi connectivity index (χ2n) is 10.3. The number of nitrogen functional groups attached to an aromatic ring is 1. The molecule has 0 saturated carbocycles. The molecule has 1 aromatic carbocycles. The Kier molecular flexibility index (Phi) is 12.5. The lowest BCUT2D eigenvalue weighted by Gasteiger charge is -2.26. The third-order valence-corrected chi connectivity index (χ3v) is 5.92. The number of aldehydes is 1. The van der Waals surface area contributed by atoms with Crippen molar-refractivity contribution in [1.29, 1.82) is 0 Å². The molecule has 0 aliphatic carbocycles. The molecule has 0 aliphatic rings. The maximum atomic E-state index is 12.8. The second-order valence-corrected chi connectivity index (χ2v) is 10.3. The first-order valence-electron chi connectivity index (χ1n) is 13.1. The number of hydrogen-bond donors (Lipinski definition) is 4. The molecule has 0 saturated heterocycles. The van der Waals surface area contributed by atoms with Crippen LogP contribution in [0.1, 0.15) is 73.5 Å². The van der Waals surface area contributed by atoms with Gasteiger partial charge in [0.2, 0.25) is 5.91 Å². The summed E-state index contributed by atoms with van der Waals surface area (Å²) in [5.74, 6) is -0.868. The van der Waals surface area contributed by atoms with E-state index in [2.05, 4.69) is 39.8 Å². The van der Waals surface area contributed by atoms with Gasteiger partial charge in [-0.2, -0.15) is 0 Å². The Morgan fingerprint density at radius 3 is 2.48 bits per heavy atom. The minimum atomic E-state index is -0.983. The Bertz CT molecular complexity index is 1150. The van der Waals surface area contributed by atoms with Crippen LogP contribution in [0.2, 0.25) is 0 Å². The molecule has 0 bridgehead atoms. The maximum absolute atomic E-state index is 12.8. The number of nitrogens with one attached hydrogen (secondary N) is 3. The standard InChI is InChI=1S/C28H40N6O6/c1-18(2)17-40-28(3,4)12-13-30-24(36)11-10-22(27(38)39-5)34-26(37)19-6-8-20(9-7-19)31-14-21-15-32-25(29)23(16-35)33-21/h6-9,15-16,18,22,31H,10-14,17H2,1-5H3,(H2,29,32)(H,30,36)(H,34,37)/t22-/m0/s1. The van der Waals surface area contributed by atoms with E-state index in [0.29, 0.717) is 48.7 Å². The smallest absolute Gasteiger partial charge is 0.328 e. The first-order valence-corrected chi connectivity index (χ1v) is 13.1. The number of aromatic nitrogens is 2. The number of hydrogen-bond acceptors (Lipinski definition) is 10. The third kappa shape index (κ3) is 11.0. The predicted molar refractivity (Wildman–Crippen MR) is 151 cm³/mol. The van der Waals surface area contributed by atoms with Gasteiger partial charge in [-0.05, 0) is 56.9 Å². The number of carbonyl (C=O) groups is 4. The summed E-state index contributed by atoms with van der Waals surface area (Å²) in [5, 5.41) is 8.60. The summed E-state index contributed by atoms with van der Waals surface area (Å²) < 4.78 is 10.7. The molecule has 40 heavy (non-hydrogen) atoms. The van der Waals surface area contributed by atoms with Gasteiger partial charge < -0.3 is 31.2 Å². The van der Waals surface area contributed by atoms with Crippen molar-refractivity contribution in [3.63, 3.8) is 0 Å². The molecular formula is C28H40N6O6. The maximum Gasteiger partial charge on any atom is 0.328 e. The lowest BCUT2D eigenvalue weighted by molar-refractivity contribution is -0.143. The van der Waals surface area contributed by atoms with Crippen LogP contribution >= 0.6 is 0 Å². The van der Waals surface area contributed by atoms with E-state index in [1.807, 2.05) is 13.8 Å². The van der Waals surface area contributed by atoms with Crippen LogP contribution in [-0.2, 0) is 25.6 Å². The van der Waals surface area contributed by atoms with Crippen molar-refractivity contribution < 1.29 is 28.7 Å². The average molecular weight is 557 g/mol. The van der Waals surface area contributed by atoms with Crippen molar-refractivity contribution in [2.75, 3.05) is 31.3 Å². The quantitative estimate of drug-likeness (QED) is 0.178. The van der Waals surface area contributed by atoms with Crippen LogP contribution in [0.15, 0.2) is 30.5 Å². The highest BCUT2D eigenvalue weighted by atomic mass is 16.5. The number of amides is 2. The number of anilines is 2. The summed E-state index contributed by atoms with van der Waals surface area (Å²) in [5.41, 5.74) is 6.82. The predicted octanol–water partition coefficient (Wildman–Crippen LogP) is 2.49. The zero-order valence-electron chi connectivity index (χ0n) is 23.8. The molecule has 12 nitrogen and oxygen atoms in total. The summed E-state index contributed by atoms with van der Waals surface area (Å²) >= 11 is 0. The van der Waals surface area contributed by atoms with Crippen molar-refractivity contribution in [2.24, 2.45) is 5.92 Å². The Morgan fingerprint density at radius 1 is 1.15 bits per heavy atom. The van der Waals surface area contributed by atoms with Gasteiger partial charge in [0.15, 0.2) is 12.1 Å². The molecule has 0 fully saturated rings. The zero-order valence-corrected chi connectivity index (χ0v) is 23.8. The van der Waals surface area contributed by atoms with Crippen molar-refractivity contribution in [3.8, 4) is 0 Å². The van der Waals surface area contributed by atoms with Crippen LogP contribution in [0.4, 0.5) is 11.5 Å². The van der Waals surface area contributed by atoms with E-state index in [0.717, 1.165) is 0 Å². The molecule has 0 radical (unpaired) electrons. The Morgan fingerprint density at radius 2 is 1.85 bits per heavy atom. The number of ether oxygens (including phenoxy) is 2. The largest absolute Gasteiger partial charge is 0.467 e. The van der Waals surface area contributed by atoms with Crippen molar-refractivity contribution >= 4 is 35.6 Å². The Balaban J connectivity index is 1.86. The molecule has 0 spiro atoms. The summed E-state index contributed by atoms with van der Waals surface area (Å²) in [6, 6.07) is 5.57. The van der Waals surface area contributed by atoms with E-state index in [9.17, 15) is 19.2 Å². The molecule has 12 heteroatoms. The molecule has 2 rings (SSSR count). The number of carbonyl (C=O) groups excluding carboxylic acids is 4. The lowest BCUT2D eigenvalue weighted by Crippen LogP contribution is -2.42. The molecule has 2 aromatic rings. The van der Waals surface area contributed by atoms with Gasteiger partial charge in [-0.25, -0.2) is 14.8 Å². The van der Waals surface area contributed by atoms with E-state index < -0.39 is 17.9 Å². The number of esters is 1. The summed E-state index contributed by atoms with van der Waals surface area (Å²) in [7, 11) is 1.23. The molecule has 218 valence electrons. The highest BCUT2D eigenvalue weighted by Crippen LogP contribution is 2.15. The minimum absolute atomic E-state index is 0.0377. The normalized spacial score (nSPS) is 11.9. The van der Waals surface area contributed by atoms with Gasteiger partial charge in [-0.15, -0.1) is 0 Å². The average Bonchev–Trinajstić information content (AvgIpc) is 2.93. The fourth-order valence-electron chi connectivity index (χ4n) is 3.52. The molecule has 2 amide bonds. The fraction of sp³-hybridized carbons (Fsp3) is 0.500. The second kappa shape index (κ2) is 15.5. The van der Waals surface area contributed by atoms with Crippen LogP contribution in [0, 0.1) is 5.92 Å². The first kappa shape index (κ1) is 32.2. The molecule has 5 N–H and O–H groups in total. The van der Waals surface area contributed by atoms with Crippen LogP contribution in [0.25, 0.3) is 0 Å². The van der Waals surface area contributed by atoms with Gasteiger partial charge in [0, 0.05) is 30.8 Å². The van der Waals surface area contributed by atoms with E-state index in [1.165, 1.54) is 13.3 Å². The van der Waals surface area contributed by atoms with E-state index in [-0.39, 0.29) is 42.4 Å². The van der Waals surface area contributed by atoms with E-state index in [1.54, 1.807) is 24.3 Å². The molecule has 0 aliphatic heterocycles. The number of nitrogens with zero attached hydrogens (tertiary/aromatic N) is 2. The minimum Gasteiger partial charge on any atom is -0.467 e. The van der Waals surface area contributed by atoms with Crippen LogP contribution < -0.4 is 21.7 Å². The van der Waals surface area contributed by atoms with Crippen molar-refractivity contribution in [1.82, 2.24) is 20.6 Å². The number of rotatable bonds is 16. The monoisotopic (exact) mass is 556 g/mol. The van der Waals surface area contributed by atoms with Crippen LogP contribution in [-0.4, -0.2) is 65.9 Å². The van der Waals surface area contributed by atoms with Gasteiger partial charge in [-0.1, -0.05) is 13.8 Å². The zero-order chi connectivity index (χ0) is 29.7. The van der Waals surface area contributed by atoms with Gasteiger partial charge >= 0.3 is 5.97 Å². The van der Waals surface area contributed by atoms with Gasteiger partial charge in [0.05, 0.1) is 31.1 Å². The van der Waals surface area contributed by atoms with Crippen molar-refractivity contribution in [2.45, 2.75) is 65.1 Å². The topological polar surface area (TPSA) is 175 Å². The Labute approximate surface area is 234 Å². The number of nitrogens with two attached hydrogens (primary N) is 1. The highest BCUT2D eigenvalue weighted by Gasteiger charge is 2.24. The molecular weight excluding hydrogens is 516 g/mol.